The van der Waals surface area contributed by atoms with E-state index in [1.54, 1.807) is 18.2 Å². The summed E-state index contributed by atoms with van der Waals surface area (Å²) in [7, 11) is 1.50. The lowest BCUT2D eigenvalue weighted by Crippen LogP contribution is -2.37. The van der Waals surface area contributed by atoms with Crippen molar-refractivity contribution in [2.24, 2.45) is 0 Å². The monoisotopic (exact) mass is 325 g/mol. The number of amides is 3. The minimum atomic E-state index is -0.568. The van der Waals surface area contributed by atoms with E-state index in [1.807, 2.05) is 13.0 Å². The number of aryl methyl sites for hydroxylation is 1. The Morgan fingerprint density at radius 1 is 1.25 bits per heavy atom. The average Bonchev–Trinajstić information content (AvgIpc) is 2.80. The molecule has 0 radical (unpaired) electrons. The number of nitrogens with zero attached hydrogens (tertiary/aromatic N) is 2. The third kappa shape index (κ3) is 2.71. The van der Waals surface area contributed by atoms with Gasteiger partial charge in [-0.3, -0.25) is 24.3 Å². The highest BCUT2D eigenvalue weighted by atomic mass is 16.5. The Morgan fingerprint density at radius 3 is 2.75 bits per heavy atom. The van der Waals surface area contributed by atoms with Crippen LogP contribution < -0.4 is 10.1 Å². The Hall–Kier alpha value is -3.22. The van der Waals surface area contributed by atoms with Gasteiger partial charge in [0.2, 0.25) is 5.91 Å². The molecule has 1 aromatic heterocycles. The summed E-state index contributed by atoms with van der Waals surface area (Å²) in [6.45, 7) is 1.50. The Kier molecular flexibility index (Phi) is 3.99. The summed E-state index contributed by atoms with van der Waals surface area (Å²) in [5, 5.41) is 2.67. The topological polar surface area (TPSA) is 88.6 Å². The molecule has 3 rings (SSSR count). The molecule has 0 atom stereocenters. The first-order valence-electron chi connectivity index (χ1n) is 7.27. The first-order valence-corrected chi connectivity index (χ1v) is 7.27. The average molecular weight is 325 g/mol. The lowest BCUT2D eigenvalue weighted by molar-refractivity contribution is -0.116. The first kappa shape index (κ1) is 15.7. The van der Waals surface area contributed by atoms with E-state index in [1.165, 1.54) is 19.4 Å². The Bertz CT molecular complexity index is 812. The van der Waals surface area contributed by atoms with E-state index in [0.29, 0.717) is 11.4 Å². The number of rotatable bonds is 4. The number of hydrogen-bond donors (Lipinski definition) is 1. The quantitative estimate of drug-likeness (QED) is 0.863. The fraction of sp³-hybridized carbons (Fsp3) is 0.176. The van der Waals surface area contributed by atoms with Crippen molar-refractivity contribution in [1.82, 2.24) is 9.88 Å². The molecule has 0 aliphatic carbocycles. The molecule has 24 heavy (non-hydrogen) atoms. The van der Waals surface area contributed by atoms with Crippen molar-refractivity contribution in [2.45, 2.75) is 6.92 Å². The fourth-order valence-corrected chi connectivity index (χ4v) is 2.51. The number of fused-ring (bicyclic) bond motifs is 1. The minimum absolute atomic E-state index is 0.0726. The predicted octanol–water partition coefficient (Wildman–Crippen LogP) is 1.63. The van der Waals surface area contributed by atoms with Gasteiger partial charge in [0.25, 0.3) is 11.8 Å². The molecule has 1 aromatic carbocycles. The molecule has 2 heterocycles. The number of methoxy groups -OCH3 is 1. The molecule has 0 bridgehead atoms. The Balaban J connectivity index is 1.76. The zero-order valence-electron chi connectivity index (χ0n) is 13.2. The largest absolute Gasteiger partial charge is 0.495 e. The number of carbonyl (C=O) groups is 3. The third-order valence-corrected chi connectivity index (χ3v) is 3.66. The SMILES string of the molecule is COc1ccc(C)cc1NC(=O)CN1C(=O)c2cccnc2C1=O. The van der Waals surface area contributed by atoms with Crippen LogP contribution in [-0.2, 0) is 4.79 Å². The van der Waals surface area contributed by atoms with Crippen LogP contribution in [0.5, 0.6) is 5.75 Å². The van der Waals surface area contributed by atoms with Gasteiger partial charge in [0.1, 0.15) is 18.0 Å². The van der Waals surface area contributed by atoms with Gasteiger partial charge in [0, 0.05) is 6.20 Å². The van der Waals surface area contributed by atoms with E-state index in [4.69, 9.17) is 4.74 Å². The zero-order valence-corrected chi connectivity index (χ0v) is 13.2. The number of nitrogens with one attached hydrogen (secondary N) is 1. The second-order valence-electron chi connectivity index (χ2n) is 5.35. The number of benzene rings is 1. The van der Waals surface area contributed by atoms with E-state index in [-0.39, 0.29) is 17.8 Å². The molecule has 1 N–H and O–H groups in total. The number of imide groups is 1. The smallest absolute Gasteiger partial charge is 0.280 e. The van der Waals surface area contributed by atoms with Crippen LogP contribution in [0.4, 0.5) is 5.69 Å². The molecule has 0 unspecified atom stereocenters. The van der Waals surface area contributed by atoms with Crippen molar-refractivity contribution in [1.29, 1.82) is 0 Å². The number of anilines is 1. The molecular weight excluding hydrogens is 310 g/mol. The van der Waals surface area contributed by atoms with E-state index in [0.717, 1.165) is 10.5 Å². The van der Waals surface area contributed by atoms with Gasteiger partial charge in [-0.15, -0.1) is 0 Å². The molecule has 7 nitrogen and oxygen atoms in total. The summed E-state index contributed by atoms with van der Waals surface area (Å²) in [5.41, 5.74) is 1.71. The van der Waals surface area contributed by atoms with E-state index in [9.17, 15) is 14.4 Å². The van der Waals surface area contributed by atoms with Gasteiger partial charge >= 0.3 is 0 Å². The second-order valence-corrected chi connectivity index (χ2v) is 5.35. The number of pyridine rings is 1. The standard InChI is InChI=1S/C17H15N3O4/c1-10-5-6-13(24-2)12(8-10)19-14(21)9-20-16(22)11-4-3-7-18-15(11)17(20)23/h3-8H,9H2,1-2H3,(H,19,21). The maximum Gasteiger partial charge on any atom is 0.280 e. The van der Waals surface area contributed by atoms with Gasteiger partial charge < -0.3 is 10.1 Å². The van der Waals surface area contributed by atoms with Crippen LogP contribution in [0, 0.1) is 6.92 Å². The fourth-order valence-electron chi connectivity index (χ4n) is 2.51. The van der Waals surface area contributed by atoms with Gasteiger partial charge in [0.15, 0.2) is 0 Å². The summed E-state index contributed by atoms with van der Waals surface area (Å²) in [5.74, 6) is -1.08. The molecule has 0 spiro atoms. The minimum Gasteiger partial charge on any atom is -0.495 e. The highest BCUT2D eigenvalue weighted by Crippen LogP contribution is 2.25. The highest BCUT2D eigenvalue weighted by molar-refractivity contribution is 6.21. The molecule has 7 heteroatoms. The normalized spacial score (nSPS) is 13.0. The lowest BCUT2D eigenvalue weighted by atomic mass is 10.2. The predicted molar refractivity (Wildman–Crippen MR) is 86.0 cm³/mol. The number of hydrogen-bond acceptors (Lipinski definition) is 5. The summed E-state index contributed by atoms with van der Waals surface area (Å²) in [6, 6.07) is 8.43. The molecular formula is C17H15N3O4. The summed E-state index contributed by atoms with van der Waals surface area (Å²) < 4.78 is 5.19. The first-order chi connectivity index (χ1) is 11.5. The van der Waals surface area contributed by atoms with Gasteiger partial charge in [0.05, 0.1) is 18.4 Å². The molecule has 1 aliphatic rings. The van der Waals surface area contributed by atoms with Crippen LogP contribution in [0.25, 0.3) is 0 Å². The molecule has 0 saturated carbocycles. The van der Waals surface area contributed by atoms with E-state index >= 15 is 0 Å². The van der Waals surface area contributed by atoms with Gasteiger partial charge in [-0.2, -0.15) is 0 Å². The van der Waals surface area contributed by atoms with Crippen molar-refractivity contribution in [2.75, 3.05) is 19.0 Å². The molecule has 122 valence electrons. The van der Waals surface area contributed by atoms with Crippen LogP contribution in [0.2, 0.25) is 0 Å². The van der Waals surface area contributed by atoms with Crippen molar-refractivity contribution < 1.29 is 19.1 Å². The van der Waals surface area contributed by atoms with Gasteiger partial charge in [-0.05, 0) is 36.8 Å². The lowest BCUT2D eigenvalue weighted by Gasteiger charge is -2.15. The third-order valence-electron chi connectivity index (χ3n) is 3.66. The number of aromatic nitrogens is 1. The van der Waals surface area contributed by atoms with Crippen molar-refractivity contribution in [3.8, 4) is 5.75 Å². The molecule has 1 aliphatic heterocycles. The summed E-state index contributed by atoms with van der Waals surface area (Å²) >= 11 is 0. The number of ether oxygens (including phenoxy) is 1. The highest BCUT2D eigenvalue weighted by Gasteiger charge is 2.37. The number of carbonyl (C=O) groups excluding carboxylic acids is 3. The van der Waals surface area contributed by atoms with Gasteiger partial charge in [-0.1, -0.05) is 6.07 Å². The van der Waals surface area contributed by atoms with Crippen molar-refractivity contribution in [3.63, 3.8) is 0 Å². The Labute approximate surface area is 138 Å². The van der Waals surface area contributed by atoms with Crippen molar-refractivity contribution >= 4 is 23.4 Å². The van der Waals surface area contributed by atoms with Crippen LogP contribution >= 0.6 is 0 Å². The van der Waals surface area contributed by atoms with Crippen LogP contribution in [0.15, 0.2) is 36.5 Å². The van der Waals surface area contributed by atoms with Crippen LogP contribution in [0.3, 0.4) is 0 Å². The van der Waals surface area contributed by atoms with E-state index in [2.05, 4.69) is 10.3 Å². The maximum atomic E-state index is 12.3. The molecule has 2 aromatic rings. The molecule has 3 amide bonds. The van der Waals surface area contributed by atoms with Gasteiger partial charge in [-0.25, -0.2) is 0 Å². The zero-order chi connectivity index (χ0) is 17.3. The maximum absolute atomic E-state index is 12.3. The molecule has 0 saturated heterocycles. The van der Waals surface area contributed by atoms with Crippen LogP contribution in [0.1, 0.15) is 26.4 Å². The summed E-state index contributed by atoms with van der Waals surface area (Å²) in [4.78, 5) is 41.5. The Morgan fingerprint density at radius 2 is 2.04 bits per heavy atom. The van der Waals surface area contributed by atoms with Crippen molar-refractivity contribution in [3.05, 3.63) is 53.3 Å². The molecule has 0 fully saturated rings. The van der Waals surface area contributed by atoms with E-state index < -0.39 is 17.7 Å². The summed E-state index contributed by atoms with van der Waals surface area (Å²) in [6.07, 6.45) is 1.44. The second kappa shape index (κ2) is 6.11. The van der Waals surface area contributed by atoms with Crippen LogP contribution in [-0.4, -0.2) is 41.3 Å².